The number of para-hydroxylation sites is 2. The fraction of sp³-hybridized carbons (Fsp3) is 0.316. The average Bonchev–Trinajstić information content (AvgIpc) is 3.05. The minimum Gasteiger partial charge on any atom is -0.507 e. The van der Waals surface area contributed by atoms with Gasteiger partial charge in [0, 0.05) is 85.1 Å². The molecule has 4 bridgehead atoms. The third-order valence-corrected chi connectivity index (χ3v) is 7.82. The summed E-state index contributed by atoms with van der Waals surface area (Å²) < 4.78 is 12.3. The van der Waals surface area contributed by atoms with Gasteiger partial charge in [-0.3, -0.25) is 9.98 Å². The molecule has 0 spiro atoms. The molecule has 0 saturated heterocycles. The van der Waals surface area contributed by atoms with E-state index in [0.29, 0.717) is 63.6 Å². The number of aromatic hydroxyl groups is 2. The summed E-state index contributed by atoms with van der Waals surface area (Å²) in [7, 11) is 0. The Kier molecular flexibility index (Phi) is 11.8. The molecule has 4 N–H and O–H groups in total. The summed E-state index contributed by atoms with van der Waals surface area (Å²) in [6.07, 6.45) is 5.26. The standard InChI is InChI=1S/C38H44N4O4/c1-27-17-31-23-39-13-7-8-14-40-24-32-18-28(2)20-34(38(32)44)26-42-22-30-10-4-6-12-36(30)46-16-15-45-35-11-5-3-9-29(35)21-41-25-33(19-27)37(31)43/h3-6,9-12,17-20,23-24,41-44H,7-8,13-16,21-22,25-26H2,1-2H3. The van der Waals surface area contributed by atoms with Gasteiger partial charge in [0.2, 0.25) is 0 Å². The van der Waals surface area contributed by atoms with Crippen molar-refractivity contribution < 1.29 is 19.7 Å². The number of hydrogen-bond donors (Lipinski definition) is 4. The number of aliphatic imine (C=N–C) groups is 2. The molecule has 0 saturated carbocycles. The molecule has 0 fully saturated rings. The lowest BCUT2D eigenvalue weighted by atomic mass is 10.0. The lowest BCUT2D eigenvalue weighted by Gasteiger charge is -2.15. The molecule has 46 heavy (non-hydrogen) atoms. The molecule has 4 aromatic rings. The van der Waals surface area contributed by atoms with E-state index in [4.69, 9.17) is 9.47 Å². The molecule has 4 aromatic carbocycles. The van der Waals surface area contributed by atoms with Crippen LogP contribution in [0.2, 0.25) is 0 Å². The summed E-state index contributed by atoms with van der Waals surface area (Å²) in [5.74, 6) is 2.08. The molecular formula is C38H44N4O4. The molecule has 0 unspecified atom stereocenters. The van der Waals surface area contributed by atoms with Crippen LogP contribution in [0.4, 0.5) is 0 Å². The Morgan fingerprint density at radius 3 is 1.43 bits per heavy atom. The van der Waals surface area contributed by atoms with Crippen LogP contribution in [0.3, 0.4) is 0 Å². The molecule has 240 valence electrons. The first kappa shape index (κ1) is 32.7. The van der Waals surface area contributed by atoms with Crippen LogP contribution < -0.4 is 20.1 Å². The zero-order chi connectivity index (χ0) is 32.1. The van der Waals surface area contributed by atoms with E-state index in [2.05, 4.69) is 20.6 Å². The number of nitrogens with zero attached hydrogens (tertiary/aromatic N) is 2. The van der Waals surface area contributed by atoms with Crippen LogP contribution in [-0.4, -0.2) is 48.9 Å². The molecule has 8 nitrogen and oxygen atoms in total. The number of phenols is 2. The molecule has 5 rings (SSSR count). The molecule has 1 heterocycles. The van der Waals surface area contributed by atoms with Crippen molar-refractivity contribution >= 4 is 12.4 Å². The summed E-state index contributed by atoms with van der Waals surface area (Å²) in [6.45, 7) is 8.31. The first-order valence-electron chi connectivity index (χ1n) is 16.0. The third-order valence-electron chi connectivity index (χ3n) is 7.82. The number of fused-ring (bicyclic) bond motifs is 6. The van der Waals surface area contributed by atoms with E-state index >= 15 is 0 Å². The third kappa shape index (κ3) is 9.19. The number of rotatable bonds is 0. The second-order valence-corrected chi connectivity index (χ2v) is 11.6. The molecule has 8 heteroatoms. The highest BCUT2D eigenvalue weighted by Gasteiger charge is 2.11. The zero-order valence-electron chi connectivity index (χ0n) is 26.8. The molecule has 0 aliphatic carbocycles. The van der Waals surface area contributed by atoms with Gasteiger partial charge in [0.05, 0.1) is 0 Å². The van der Waals surface area contributed by atoms with Crippen molar-refractivity contribution in [3.05, 3.63) is 117 Å². The van der Waals surface area contributed by atoms with E-state index in [1.807, 2.05) is 86.6 Å². The van der Waals surface area contributed by atoms with E-state index in [-0.39, 0.29) is 11.5 Å². The van der Waals surface area contributed by atoms with Gasteiger partial charge < -0.3 is 30.3 Å². The summed E-state index contributed by atoms with van der Waals surface area (Å²) in [5.41, 5.74) is 7.27. The van der Waals surface area contributed by atoms with Gasteiger partial charge >= 0.3 is 0 Å². The smallest absolute Gasteiger partial charge is 0.128 e. The Bertz CT molecular complexity index is 1540. The van der Waals surface area contributed by atoms with Crippen LogP contribution in [0.25, 0.3) is 0 Å². The normalized spacial score (nSPS) is 15.3. The molecule has 1 aliphatic heterocycles. The predicted molar refractivity (Wildman–Crippen MR) is 185 cm³/mol. The van der Waals surface area contributed by atoms with Gasteiger partial charge in [-0.15, -0.1) is 0 Å². The highest BCUT2D eigenvalue weighted by molar-refractivity contribution is 5.85. The quantitative estimate of drug-likeness (QED) is 0.182. The maximum Gasteiger partial charge on any atom is 0.128 e. The minimum absolute atomic E-state index is 0.245. The van der Waals surface area contributed by atoms with Crippen molar-refractivity contribution in [2.75, 3.05) is 26.3 Å². The highest BCUT2D eigenvalue weighted by atomic mass is 16.5. The summed E-state index contributed by atoms with van der Waals surface area (Å²) in [5, 5.41) is 28.9. The van der Waals surface area contributed by atoms with Gasteiger partial charge in [-0.05, 0) is 62.1 Å². The van der Waals surface area contributed by atoms with Gasteiger partial charge in [-0.25, -0.2) is 0 Å². The second-order valence-electron chi connectivity index (χ2n) is 11.6. The predicted octanol–water partition coefficient (Wildman–Crippen LogP) is 6.38. The Hall–Kier alpha value is -4.66. The molecule has 0 atom stereocenters. The first-order valence-corrected chi connectivity index (χ1v) is 16.0. The maximum absolute atomic E-state index is 11.0. The Labute approximate surface area is 271 Å². The maximum atomic E-state index is 11.0. The van der Waals surface area contributed by atoms with Crippen molar-refractivity contribution in [3.63, 3.8) is 0 Å². The lowest BCUT2D eigenvalue weighted by Crippen LogP contribution is -2.16. The van der Waals surface area contributed by atoms with Gasteiger partial charge in [0.25, 0.3) is 0 Å². The van der Waals surface area contributed by atoms with Crippen LogP contribution in [0.1, 0.15) is 57.3 Å². The summed E-state index contributed by atoms with van der Waals surface area (Å²) >= 11 is 0. The molecule has 0 amide bonds. The Morgan fingerprint density at radius 1 is 0.565 bits per heavy atom. The van der Waals surface area contributed by atoms with Gasteiger partial charge in [0.1, 0.15) is 36.2 Å². The van der Waals surface area contributed by atoms with Crippen LogP contribution in [0.15, 0.2) is 82.8 Å². The van der Waals surface area contributed by atoms with Crippen LogP contribution in [-0.2, 0) is 26.2 Å². The monoisotopic (exact) mass is 620 g/mol. The molecule has 0 aromatic heterocycles. The zero-order valence-corrected chi connectivity index (χ0v) is 26.8. The minimum atomic E-state index is 0.245. The number of aryl methyl sites for hydroxylation is 2. The number of ether oxygens (including phenoxy) is 2. The Morgan fingerprint density at radius 2 is 0.978 bits per heavy atom. The van der Waals surface area contributed by atoms with Crippen LogP contribution in [0.5, 0.6) is 23.0 Å². The summed E-state index contributed by atoms with van der Waals surface area (Å²) in [4.78, 5) is 9.14. The number of nitrogens with one attached hydrogen (secondary N) is 2. The van der Waals surface area contributed by atoms with Crippen molar-refractivity contribution in [2.24, 2.45) is 9.98 Å². The van der Waals surface area contributed by atoms with Crippen LogP contribution in [0, 0.1) is 13.8 Å². The topological polar surface area (TPSA) is 108 Å². The van der Waals surface area contributed by atoms with Crippen molar-refractivity contribution in [1.82, 2.24) is 10.6 Å². The van der Waals surface area contributed by atoms with E-state index in [9.17, 15) is 10.2 Å². The number of benzene rings is 4. The first-order chi connectivity index (χ1) is 22.5. The number of hydrogen-bond acceptors (Lipinski definition) is 8. The van der Waals surface area contributed by atoms with Gasteiger partial charge in [0.15, 0.2) is 0 Å². The lowest BCUT2D eigenvalue weighted by molar-refractivity contribution is 0.214. The Balaban J connectivity index is 1.33. The van der Waals surface area contributed by atoms with Crippen molar-refractivity contribution in [3.8, 4) is 23.0 Å². The summed E-state index contributed by atoms with van der Waals surface area (Å²) in [6, 6.07) is 23.8. The highest BCUT2D eigenvalue weighted by Crippen LogP contribution is 2.26. The van der Waals surface area contributed by atoms with Crippen molar-refractivity contribution in [1.29, 1.82) is 0 Å². The average molecular weight is 621 g/mol. The molecular weight excluding hydrogens is 576 g/mol. The van der Waals surface area contributed by atoms with E-state index in [1.54, 1.807) is 12.4 Å². The largest absolute Gasteiger partial charge is 0.507 e. The fourth-order valence-electron chi connectivity index (χ4n) is 5.51. The van der Waals surface area contributed by atoms with E-state index < -0.39 is 0 Å². The molecule has 1 aliphatic rings. The van der Waals surface area contributed by atoms with Crippen molar-refractivity contribution in [2.45, 2.75) is 52.9 Å². The SMILES string of the molecule is Cc1cc2c(O)c(c1)CNCc1ccccc1OCCOc1ccccc1CNCc1cc(C)cc(c1O)C=NCCCCN=C2. The number of phenolic OH excluding ortho intramolecular Hbond substituents is 2. The molecule has 0 radical (unpaired) electrons. The van der Waals surface area contributed by atoms with Gasteiger partial charge in [-0.2, -0.15) is 0 Å². The van der Waals surface area contributed by atoms with E-state index in [0.717, 1.165) is 57.7 Å². The fourth-order valence-corrected chi connectivity index (χ4v) is 5.51. The van der Waals surface area contributed by atoms with Crippen LogP contribution >= 0.6 is 0 Å². The second kappa shape index (κ2) is 16.6. The van der Waals surface area contributed by atoms with Gasteiger partial charge in [-0.1, -0.05) is 48.5 Å². The van der Waals surface area contributed by atoms with E-state index in [1.165, 1.54) is 0 Å².